The standard InChI is InChI=1S/C18H13Cl5N4OS/c1-2-27-17(11-4-3-9(19)5-12(11)21)25-26-18(27)29-8-15(28)24-16-13(22)6-10(20)7-14(16)23/h3-7H,2,8H2,1H3,(H,24,28). The Kier molecular flexibility index (Phi) is 7.59. The van der Waals surface area contributed by atoms with E-state index >= 15 is 0 Å². The lowest BCUT2D eigenvalue weighted by Crippen LogP contribution is -2.15. The summed E-state index contributed by atoms with van der Waals surface area (Å²) in [5, 5.41) is 13.6. The summed E-state index contributed by atoms with van der Waals surface area (Å²) in [6.45, 7) is 2.55. The van der Waals surface area contributed by atoms with Crippen LogP contribution in [0.2, 0.25) is 25.1 Å². The molecule has 5 nitrogen and oxygen atoms in total. The number of benzene rings is 2. The van der Waals surface area contributed by atoms with Gasteiger partial charge in [0.2, 0.25) is 5.91 Å². The number of hydrogen-bond donors (Lipinski definition) is 1. The number of halogens is 5. The maximum absolute atomic E-state index is 12.4. The van der Waals surface area contributed by atoms with Crippen molar-refractivity contribution in [3.05, 3.63) is 55.4 Å². The van der Waals surface area contributed by atoms with Crippen LogP contribution in [0, 0.1) is 0 Å². The molecule has 0 unspecified atom stereocenters. The number of thioether (sulfide) groups is 1. The zero-order valence-corrected chi connectivity index (χ0v) is 19.4. The molecular formula is C18H13Cl5N4OS. The third-order valence-corrected chi connectivity index (χ3v) is 6.14. The molecule has 0 atom stereocenters. The van der Waals surface area contributed by atoms with E-state index in [2.05, 4.69) is 15.5 Å². The molecule has 0 bridgehead atoms. The van der Waals surface area contributed by atoms with Crippen molar-refractivity contribution in [3.63, 3.8) is 0 Å². The molecule has 0 fully saturated rings. The van der Waals surface area contributed by atoms with Crippen LogP contribution in [0.1, 0.15) is 6.92 Å². The number of aromatic nitrogens is 3. The fraction of sp³-hybridized carbons (Fsp3) is 0.167. The van der Waals surface area contributed by atoms with Gasteiger partial charge in [0.25, 0.3) is 0 Å². The third kappa shape index (κ3) is 5.32. The minimum absolute atomic E-state index is 0.0851. The van der Waals surface area contributed by atoms with Gasteiger partial charge in [-0.1, -0.05) is 69.8 Å². The van der Waals surface area contributed by atoms with Gasteiger partial charge < -0.3 is 9.88 Å². The quantitative estimate of drug-likeness (QED) is 0.364. The van der Waals surface area contributed by atoms with Crippen LogP contribution in [0.25, 0.3) is 11.4 Å². The van der Waals surface area contributed by atoms with Crippen LogP contribution < -0.4 is 5.32 Å². The van der Waals surface area contributed by atoms with Crippen molar-refractivity contribution in [2.24, 2.45) is 0 Å². The van der Waals surface area contributed by atoms with Crippen LogP contribution in [0.4, 0.5) is 5.69 Å². The molecular weight excluding hydrogens is 498 g/mol. The number of rotatable bonds is 6. The average Bonchev–Trinajstić information content (AvgIpc) is 3.05. The minimum Gasteiger partial charge on any atom is -0.323 e. The zero-order valence-electron chi connectivity index (χ0n) is 14.8. The molecule has 2 aromatic carbocycles. The molecule has 152 valence electrons. The molecule has 3 rings (SSSR count). The fourth-order valence-electron chi connectivity index (χ4n) is 2.52. The van der Waals surface area contributed by atoms with E-state index in [1.165, 1.54) is 23.9 Å². The normalized spacial score (nSPS) is 11.0. The van der Waals surface area contributed by atoms with Crippen LogP contribution in [0.15, 0.2) is 35.5 Å². The van der Waals surface area contributed by atoms with E-state index in [0.717, 1.165) is 0 Å². The lowest BCUT2D eigenvalue weighted by molar-refractivity contribution is -0.113. The highest BCUT2D eigenvalue weighted by Gasteiger charge is 2.18. The smallest absolute Gasteiger partial charge is 0.234 e. The molecule has 29 heavy (non-hydrogen) atoms. The summed E-state index contributed by atoms with van der Waals surface area (Å²) in [7, 11) is 0. The number of anilines is 1. The van der Waals surface area contributed by atoms with Crippen molar-refractivity contribution < 1.29 is 4.79 Å². The van der Waals surface area contributed by atoms with Gasteiger partial charge in [0.05, 0.1) is 26.5 Å². The van der Waals surface area contributed by atoms with Gasteiger partial charge in [-0.3, -0.25) is 4.79 Å². The summed E-state index contributed by atoms with van der Waals surface area (Å²) in [6, 6.07) is 8.18. The van der Waals surface area contributed by atoms with Crippen molar-refractivity contribution in [1.29, 1.82) is 0 Å². The van der Waals surface area contributed by atoms with E-state index in [1.807, 2.05) is 11.5 Å². The molecule has 0 aliphatic rings. The summed E-state index contributed by atoms with van der Waals surface area (Å²) in [5.41, 5.74) is 1.02. The highest BCUT2D eigenvalue weighted by molar-refractivity contribution is 7.99. The second-order valence-corrected chi connectivity index (χ2v) is 8.79. The van der Waals surface area contributed by atoms with E-state index in [4.69, 9.17) is 58.0 Å². The lowest BCUT2D eigenvalue weighted by atomic mass is 10.2. The van der Waals surface area contributed by atoms with Gasteiger partial charge in [-0.2, -0.15) is 0 Å². The first-order valence-corrected chi connectivity index (χ1v) is 11.1. The Balaban J connectivity index is 1.74. The molecule has 0 saturated heterocycles. The van der Waals surface area contributed by atoms with E-state index < -0.39 is 0 Å². The van der Waals surface area contributed by atoms with E-state index in [-0.39, 0.29) is 21.7 Å². The van der Waals surface area contributed by atoms with Gasteiger partial charge in [-0.25, -0.2) is 0 Å². The average molecular weight is 511 g/mol. The number of carbonyl (C=O) groups is 1. The minimum atomic E-state index is -0.294. The predicted octanol–water partition coefficient (Wildman–Crippen LogP) is 6.96. The maximum Gasteiger partial charge on any atom is 0.234 e. The lowest BCUT2D eigenvalue weighted by Gasteiger charge is -2.10. The van der Waals surface area contributed by atoms with Crippen LogP contribution in [0.5, 0.6) is 0 Å². The second kappa shape index (κ2) is 9.77. The Morgan fingerprint density at radius 1 is 1.00 bits per heavy atom. The molecule has 1 N–H and O–H groups in total. The molecule has 0 aliphatic heterocycles. The Labute approximate surface area is 196 Å². The molecule has 3 aromatic rings. The SMILES string of the molecule is CCn1c(SCC(=O)Nc2c(Cl)cc(Cl)cc2Cl)nnc1-c1ccc(Cl)cc1Cl. The Morgan fingerprint density at radius 3 is 2.28 bits per heavy atom. The summed E-state index contributed by atoms with van der Waals surface area (Å²) in [4.78, 5) is 12.4. The third-order valence-electron chi connectivity index (χ3n) is 3.81. The predicted molar refractivity (Wildman–Crippen MR) is 122 cm³/mol. The number of hydrogen-bond acceptors (Lipinski definition) is 4. The van der Waals surface area contributed by atoms with E-state index in [0.29, 0.717) is 43.8 Å². The molecule has 0 aliphatic carbocycles. The summed E-state index contributed by atoms with van der Waals surface area (Å²) < 4.78 is 1.87. The number of amides is 1. The van der Waals surface area contributed by atoms with Gasteiger partial charge in [-0.15, -0.1) is 10.2 Å². The largest absolute Gasteiger partial charge is 0.323 e. The van der Waals surface area contributed by atoms with Crippen LogP contribution >= 0.6 is 69.8 Å². The second-order valence-electron chi connectivity index (χ2n) is 5.76. The summed E-state index contributed by atoms with van der Waals surface area (Å²) in [5.74, 6) is 0.389. The number of carbonyl (C=O) groups excluding carboxylic acids is 1. The molecule has 11 heteroatoms. The molecule has 0 spiro atoms. The molecule has 0 saturated carbocycles. The first-order valence-electron chi connectivity index (χ1n) is 8.26. The Morgan fingerprint density at radius 2 is 1.66 bits per heavy atom. The highest BCUT2D eigenvalue weighted by Crippen LogP contribution is 2.34. The van der Waals surface area contributed by atoms with Crippen molar-refractivity contribution >= 4 is 81.4 Å². The Hall–Kier alpha value is -1.15. The summed E-state index contributed by atoms with van der Waals surface area (Å²) >= 11 is 31.6. The van der Waals surface area contributed by atoms with Gasteiger partial charge in [0.15, 0.2) is 11.0 Å². The van der Waals surface area contributed by atoms with Crippen molar-refractivity contribution in [1.82, 2.24) is 14.8 Å². The van der Waals surface area contributed by atoms with Crippen molar-refractivity contribution in [3.8, 4) is 11.4 Å². The zero-order chi connectivity index (χ0) is 21.1. The van der Waals surface area contributed by atoms with Crippen LogP contribution in [-0.2, 0) is 11.3 Å². The van der Waals surface area contributed by atoms with Gasteiger partial charge in [0, 0.05) is 22.2 Å². The van der Waals surface area contributed by atoms with Gasteiger partial charge in [0.1, 0.15) is 0 Å². The fourth-order valence-corrected chi connectivity index (χ4v) is 4.72. The molecule has 1 heterocycles. The number of nitrogens with one attached hydrogen (secondary N) is 1. The molecule has 0 radical (unpaired) electrons. The molecule has 1 amide bonds. The van der Waals surface area contributed by atoms with E-state index in [1.54, 1.807) is 18.2 Å². The summed E-state index contributed by atoms with van der Waals surface area (Å²) in [6.07, 6.45) is 0. The van der Waals surface area contributed by atoms with Crippen molar-refractivity contribution in [2.75, 3.05) is 11.1 Å². The first kappa shape index (κ1) is 22.5. The van der Waals surface area contributed by atoms with E-state index in [9.17, 15) is 4.79 Å². The van der Waals surface area contributed by atoms with Crippen LogP contribution in [-0.4, -0.2) is 26.4 Å². The monoisotopic (exact) mass is 508 g/mol. The van der Waals surface area contributed by atoms with Gasteiger partial charge in [-0.05, 0) is 37.3 Å². The topological polar surface area (TPSA) is 59.8 Å². The molecule has 1 aromatic heterocycles. The first-order chi connectivity index (χ1) is 13.8. The Bertz CT molecular complexity index is 1050. The van der Waals surface area contributed by atoms with Crippen molar-refractivity contribution in [2.45, 2.75) is 18.6 Å². The maximum atomic E-state index is 12.4. The number of nitrogens with zero attached hydrogens (tertiary/aromatic N) is 3. The van der Waals surface area contributed by atoms with Gasteiger partial charge >= 0.3 is 0 Å². The van der Waals surface area contributed by atoms with Crippen LogP contribution in [0.3, 0.4) is 0 Å². The highest BCUT2D eigenvalue weighted by atomic mass is 35.5.